The summed E-state index contributed by atoms with van der Waals surface area (Å²) in [4.78, 5) is 0. The first-order chi connectivity index (χ1) is 13.6. The third-order valence-electron chi connectivity index (χ3n) is 5.31. The Hall–Kier alpha value is -1.46. The molecule has 0 bridgehead atoms. The van der Waals surface area contributed by atoms with Crippen LogP contribution in [-0.4, -0.2) is 3.21 Å². The molecule has 5 rings (SSSR count). The van der Waals surface area contributed by atoms with Crippen LogP contribution in [-0.2, 0) is 24.2 Å². The zero-order valence-corrected chi connectivity index (χ0v) is 19.7. The topological polar surface area (TPSA) is 0 Å². The van der Waals surface area contributed by atoms with Crippen LogP contribution in [0.3, 0.4) is 0 Å². The molecule has 0 spiro atoms. The van der Waals surface area contributed by atoms with Gasteiger partial charge in [-0.05, 0) is 13.8 Å². The summed E-state index contributed by atoms with van der Waals surface area (Å²) in [6.45, 7) is 4.29. The Morgan fingerprint density at radius 1 is 0.821 bits per heavy atom. The average molecular weight is 446 g/mol. The molecule has 0 aliphatic heterocycles. The molecule has 0 atom stereocenters. The maximum absolute atomic E-state index is 2.99. The second-order valence-electron chi connectivity index (χ2n) is 7.85. The van der Waals surface area contributed by atoms with Gasteiger partial charge in [-0.15, -0.1) is 46.2 Å². The van der Waals surface area contributed by atoms with Crippen LogP contribution in [0.15, 0.2) is 60.7 Å². The van der Waals surface area contributed by atoms with E-state index >= 15 is 0 Å². The van der Waals surface area contributed by atoms with Crippen molar-refractivity contribution in [2.45, 2.75) is 58.8 Å². The van der Waals surface area contributed by atoms with Gasteiger partial charge in [0, 0.05) is 0 Å². The molecule has 0 radical (unpaired) electrons. The molecule has 0 N–H and O–H groups in total. The molecule has 0 saturated heterocycles. The summed E-state index contributed by atoms with van der Waals surface area (Å²) in [5.41, 5.74) is 2.66. The fourth-order valence-electron chi connectivity index (χ4n) is 3.72. The van der Waals surface area contributed by atoms with Crippen molar-refractivity contribution in [2.24, 2.45) is 0 Å². The Bertz CT molecular complexity index is 908. The molecule has 0 nitrogen and oxygen atoms in total. The second-order valence-corrected chi connectivity index (χ2v) is 9.58. The van der Waals surface area contributed by atoms with Crippen LogP contribution in [0.2, 0.25) is 0 Å². The molecule has 1 heteroatoms. The minimum absolute atomic E-state index is 1.01. The molecule has 3 aromatic carbocycles. The van der Waals surface area contributed by atoms with E-state index in [9.17, 15) is 0 Å². The molecule has 3 aromatic rings. The predicted octanol–water partition coefficient (Wildman–Crippen LogP) is 7.69. The predicted molar refractivity (Wildman–Crippen MR) is 121 cm³/mol. The Morgan fingerprint density at radius 3 is 1.82 bits per heavy atom. The monoisotopic (exact) mass is 444 g/mol. The summed E-state index contributed by atoms with van der Waals surface area (Å²) in [6.07, 6.45) is 18.8. The third-order valence-corrected chi connectivity index (χ3v) is 6.54. The zero-order valence-electron chi connectivity index (χ0n) is 17.2. The van der Waals surface area contributed by atoms with Crippen LogP contribution >= 0.6 is 0 Å². The van der Waals surface area contributed by atoms with Crippen LogP contribution in [0.25, 0.3) is 21.5 Å². The van der Waals surface area contributed by atoms with E-state index in [1.54, 1.807) is 24.2 Å². The van der Waals surface area contributed by atoms with Crippen LogP contribution in [0.4, 0.5) is 0 Å². The molecule has 2 aliphatic rings. The SMILES string of the molecule is Cc1ccc2[cH-]c3ccc(C)cc3c2c1.[C-]1=CC=CC1.[Zr+2]=[C]1CCCCCC1. The molecule has 1 saturated carbocycles. The van der Waals surface area contributed by atoms with E-state index in [4.69, 9.17) is 0 Å². The van der Waals surface area contributed by atoms with Crippen LogP contribution in [0.1, 0.15) is 56.1 Å². The summed E-state index contributed by atoms with van der Waals surface area (Å²) in [7, 11) is 0. The minimum atomic E-state index is 1.01. The third kappa shape index (κ3) is 6.28. The van der Waals surface area contributed by atoms with E-state index in [0.717, 1.165) is 6.42 Å². The molecule has 28 heavy (non-hydrogen) atoms. The first kappa shape index (κ1) is 21.3. The van der Waals surface area contributed by atoms with E-state index in [1.807, 2.05) is 15.4 Å². The van der Waals surface area contributed by atoms with Gasteiger partial charge in [0.2, 0.25) is 0 Å². The van der Waals surface area contributed by atoms with Gasteiger partial charge in [0.1, 0.15) is 0 Å². The molecule has 0 unspecified atom stereocenters. The van der Waals surface area contributed by atoms with Gasteiger partial charge in [-0.2, -0.15) is 6.08 Å². The summed E-state index contributed by atoms with van der Waals surface area (Å²) in [6, 6.07) is 15.6. The van der Waals surface area contributed by atoms with Crippen molar-refractivity contribution >= 4 is 24.8 Å². The van der Waals surface area contributed by atoms with Gasteiger partial charge in [0.05, 0.1) is 0 Å². The summed E-state index contributed by atoms with van der Waals surface area (Å²) >= 11 is 1.69. The first-order valence-corrected chi connectivity index (χ1v) is 11.7. The van der Waals surface area contributed by atoms with Gasteiger partial charge in [-0.25, -0.2) is 12.2 Å². The molecule has 0 aromatic heterocycles. The molecule has 0 heterocycles. The van der Waals surface area contributed by atoms with Crippen molar-refractivity contribution in [2.75, 3.05) is 0 Å². The van der Waals surface area contributed by atoms with E-state index in [2.05, 4.69) is 68.5 Å². The van der Waals surface area contributed by atoms with Crippen LogP contribution in [0.5, 0.6) is 0 Å². The number of hydrogen-bond donors (Lipinski definition) is 0. The summed E-state index contributed by atoms with van der Waals surface area (Å²) in [5.74, 6) is 0. The first-order valence-electron chi connectivity index (χ1n) is 10.5. The van der Waals surface area contributed by atoms with E-state index in [-0.39, 0.29) is 0 Å². The fourth-order valence-corrected chi connectivity index (χ4v) is 4.59. The molecule has 2 aliphatic carbocycles. The van der Waals surface area contributed by atoms with E-state index in [0.29, 0.717) is 0 Å². The Morgan fingerprint density at radius 2 is 1.39 bits per heavy atom. The molecule has 1 fully saturated rings. The Balaban J connectivity index is 0.000000144. The van der Waals surface area contributed by atoms with Crippen LogP contribution < -0.4 is 0 Å². The van der Waals surface area contributed by atoms with Crippen molar-refractivity contribution in [3.8, 4) is 0 Å². The number of benzene rings is 2. The average Bonchev–Trinajstić information content (AvgIpc) is 3.31. The van der Waals surface area contributed by atoms with Gasteiger partial charge in [0.25, 0.3) is 0 Å². The quantitative estimate of drug-likeness (QED) is 0.246. The van der Waals surface area contributed by atoms with E-state index in [1.165, 1.54) is 71.2 Å². The number of hydrogen-bond acceptors (Lipinski definition) is 0. The maximum atomic E-state index is 2.99. The van der Waals surface area contributed by atoms with Crippen molar-refractivity contribution in [3.63, 3.8) is 0 Å². The molecular weight excluding hydrogens is 416 g/mol. The van der Waals surface area contributed by atoms with Gasteiger partial charge in [-0.1, -0.05) is 35.4 Å². The number of rotatable bonds is 0. The van der Waals surface area contributed by atoms with Crippen molar-refractivity contribution in [1.29, 1.82) is 0 Å². The van der Waals surface area contributed by atoms with Crippen molar-refractivity contribution in [1.82, 2.24) is 0 Å². The Kier molecular flexibility index (Phi) is 8.29. The molecule has 0 amide bonds. The summed E-state index contributed by atoms with van der Waals surface area (Å²) < 4.78 is 1.81. The van der Waals surface area contributed by atoms with Crippen LogP contribution in [0, 0.1) is 19.9 Å². The molecular formula is C27H30Zr. The van der Waals surface area contributed by atoms with Gasteiger partial charge in [0.15, 0.2) is 0 Å². The number of allylic oxidation sites excluding steroid dienone is 4. The summed E-state index contributed by atoms with van der Waals surface area (Å²) in [5, 5.41) is 5.46. The van der Waals surface area contributed by atoms with E-state index < -0.39 is 0 Å². The second kappa shape index (κ2) is 10.9. The number of fused-ring (bicyclic) bond motifs is 3. The van der Waals surface area contributed by atoms with Gasteiger partial charge < -0.3 is 0 Å². The van der Waals surface area contributed by atoms with Gasteiger partial charge >= 0.3 is 66.0 Å². The molecule has 142 valence electrons. The number of aryl methyl sites for hydroxylation is 2. The fraction of sp³-hybridized carbons (Fsp3) is 0.333. The Labute approximate surface area is 185 Å². The van der Waals surface area contributed by atoms with Crippen molar-refractivity contribution in [3.05, 3.63) is 77.9 Å². The normalized spacial score (nSPS) is 15.8. The zero-order chi connectivity index (χ0) is 19.8. The van der Waals surface area contributed by atoms with Gasteiger partial charge in [-0.3, -0.25) is 6.08 Å². The van der Waals surface area contributed by atoms with Crippen molar-refractivity contribution < 1.29 is 24.2 Å². The standard InChI is InChI=1S/C15H13.C7H12.C5H5.Zr/c1-10-3-5-12-9-13-6-4-11(2)8-15(13)14(12)7-10;1-2-4-6-7-5-3-1;1-2-4-5-3-1;/h3-9H,1-2H3;1-6H2;1-3H,4H2;/q-1;;-1;+2.